The number of nitrogens with zero attached hydrogens (tertiary/aromatic N) is 2. The van der Waals surface area contributed by atoms with Gasteiger partial charge in [-0.3, -0.25) is 0 Å². The van der Waals surface area contributed by atoms with E-state index in [2.05, 4.69) is 11.9 Å². The van der Waals surface area contributed by atoms with Crippen LogP contribution < -0.4 is 5.73 Å². The molecule has 4 heteroatoms. The molecule has 86 valence electrons. The number of imidazole rings is 1. The largest absolute Gasteiger partial charge is 0.330 e. The SMILES string of the molecule is CCC(C)(N)c1nc2ccc(Cl)cc2n1C. The Hall–Kier alpha value is -1.06. The molecule has 0 aliphatic rings. The van der Waals surface area contributed by atoms with Crippen molar-refractivity contribution in [1.29, 1.82) is 0 Å². The quantitative estimate of drug-likeness (QED) is 0.873. The average Bonchev–Trinajstić information content (AvgIpc) is 2.57. The molecule has 0 amide bonds. The van der Waals surface area contributed by atoms with E-state index in [-0.39, 0.29) is 0 Å². The van der Waals surface area contributed by atoms with Crippen molar-refractivity contribution in [2.24, 2.45) is 12.8 Å². The van der Waals surface area contributed by atoms with Gasteiger partial charge in [0, 0.05) is 12.1 Å². The minimum Gasteiger partial charge on any atom is -0.330 e. The van der Waals surface area contributed by atoms with Crippen LogP contribution in [0.3, 0.4) is 0 Å². The zero-order valence-corrected chi connectivity index (χ0v) is 10.5. The molecule has 0 spiro atoms. The van der Waals surface area contributed by atoms with E-state index in [1.165, 1.54) is 0 Å². The molecule has 2 N–H and O–H groups in total. The lowest BCUT2D eigenvalue weighted by Crippen LogP contribution is -2.35. The topological polar surface area (TPSA) is 43.8 Å². The van der Waals surface area contributed by atoms with Crippen molar-refractivity contribution in [3.8, 4) is 0 Å². The third kappa shape index (κ3) is 1.70. The van der Waals surface area contributed by atoms with Gasteiger partial charge >= 0.3 is 0 Å². The zero-order chi connectivity index (χ0) is 11.9. The number of benzene rings is 1. The molecule has 0 radical (unpaired) electrons. The maximum Gasteiger partial charge on any atom is 0.129 e. The molecule has 3 nitrogen and oxygen atoms in total. The van der Waals surface area contributed by atoms with Gasteiger partial charge in [0.05, 0.1) is 16.6 Å². The highest BCUT2D eigenvalue weighted by molar-refractivity contribution is 6.31. The standard InChI is InChI=1S/C12H16ClN3/c1-4-12(2,14)11-15-9-6-5-8(13)7-10(9)16(11)3/h5-7H,4,14H2,1-3H3. The van der Waals surface area contributed by atoms with E-state index in [0.29, 0.717) is 0 Å². The van der Waals surface area contributed by atoms with Crippen LogP contribution >= 0.6 is 11.6 Å². The molecule has 0 saturated heterocycles. The van der Waals surface area contributed by atoms with Crippen molar-refractivity contribution < 1.29 is 0 Å². The van der Waals surface area contributed by atoms with Crippen LogP contribution in [0.1, 0.15) is 26.1 Å². The lowest BCUT2D eigenvalue weighted by molar-refractivity contribution is 0.434. The third-order valence-electron chi connectivity index (χ3n) is 3.09. The highest BCUT2D eigenvalue weighted by Crippen LogP contribution is 2.26. The summed E-state index contributed by atoms with van der Waals surface area (Å²) >= 11 is 5.98. The molecule has 0 aliphatic heterocycles. The highest BCUT2D eigenvalue weighted by atomic mass is 35.5. The van der Waals surface area contributed by atoms with E-state index in [4.69, 9.17) is 17.3 Å². The predicted molar refractivity (Wildman–Crippen MR) is 67.6 cm³/mol. The van der Waals surface area contributed by atoms with E-state index < -0.39 is 5.54 Å². The number of hydrogen-bond acceptors (Lipinski definition) is 2. The first-order chi connectivity index (χ1) is 7.45. The number of rotatable bonds is 2. The van der Waals surface area contributed by atoms with Crippen LogP contribution in [0.5, 0.6) is 0 Å². The van der Waals surface area contributed by atoms with Gasteiger partial charge in [0.1, 0.15) is 5.82 Å². The average molecular weight is 238 g/mol. The maximum atomic E-state index is 6.22. The van der Waals surface area contributed by atoms with Crippen LogP contribution in [0.2, 0.25) is 5.02 Å². The summed E-state index contributed by atoms with van der Waals surface area (Å²) in [6.07, 6.45) is 0.845. The Morgan fingerprint density at radius 2 is 2.19 bits per heavy atom. The molecule has 1 aromatic carbocycles. The van der Waals surface area contributed by atoms with Crippen LogP contribution in [0, 0.1) is 0 Å². The summed E-state index contributed by atoms with van der Waals surface area (Å²) in [6.45, 7) is 4.06. The molecule has 0 aliphatic carbocycles. The van der Waals surface area contributed by atoms with Gasteiger partial charge in [-0.2, -0.15) is 0 Å². The van der Waals surface area contributed by atoms with Crippen molar-refractivity contribution in [3.63, 3.8) is 0 Å². The molecule has 1 heterocycles. The number of hydrogen-bond donors (Lipinski definition) is 1. The van der Waals surface area contributed by atoms with Gasteiger partial charge in [-0.15, -0.1) is 0 Å². The smallest absolute Gasteiger partial charge is 0.129 e. The van der Waals surface area contributed by atoms with Crippen LogP contribution in [0.15, 0.2) is 18.2 Å². The van der Waals surface area contributed by atoms with Gasteiger partial charge in [-0.25, -0.2) is 4.98 Å². The molecular weight excluding hydrogens is 222 g/mol. The monoisotopic (exact) mass is 237 g/mol. The first kappa shape index (κ1) is 11.4. The Morgan fingerprint density at radius 1 is 1.50 bits per heavy atom. The van der Waals surface area contributed by atoms with Crippen molar-refractivity contribution in [3.05, 3.63) is 29.0 Å². The summed E-state index contributed by atoms with van der Waals surface area (Å²) in [7, 11) is 1.97. The second-order valence-corrected chi connectivity index (χ2v) is 4.83. The van der Waals surface area contributed by atoms with Crippen molar-refractivity contribution in [1.82, 2.24) is 9.55 Å². The van der Waals surface area contributed by atoms with Gasteiger partial charge in [0.2, 0.25) is 0 Å². The Labute approximate surface area is 100 Å². The Balaban J connectivity index is 2.70. The molecule has 16 heavy (non-hydrogen) atoms. The first-order valence-corrected chi connectivity index (χ1v) is 5.75. The van der Waals surface area contributed by atoms with Gasteiger partial charge in [0.15, 0.2) is 0 Å². The number of fused-ring (bicyclic) bond motifs is 1. The van der Waals surface area contributed by atoms with Gasteiger partial charge in [-0.1, -0.05) is 18.5 Å². The van der Waals surface area contributed by atoms with E-state index in [9.17, 15) is 0 Å². The minimum atomic E-state index is -0.403. The second-order valence-electron chi connectivity index (χ2n) is 4.40. The van der Waals surface area contributed by atoms with Crippen LogP contribution in [0.25, 0.3) is 11.0 Å². The molecule has 0 fully saturated rings. The van der Waals surface area contributed by atoms with E-state index in [1.807, 2.05) is 36.7 Å². The van der Waals surface area contributed by atoms with Crippen molar-refractivity contribution in [2.75, 3.05) is 0 Å². The Morgan fingerprint density at radius 3 is 2.81 bits per heavy atom. The summed E-state index contributed by atoms with van der Waals surface area (Å²) in [5.41, 5.74) is 7.78. The fraction of sp³-hybridized carbons (Fsp3) is 0.417. The molecule has 0 saturated carbocycles. The number of aryl methyl sites for hydroxylation is 1. The number of aromatic nitrogens is 2. The Bertz CT molecular complexity index is 528. The highest BCUT2D eigenvalue weighted by Gasteiger charge is 2.25. The summed E-state index contributed by atoms with van der Waals surface area (Å²) in [6, 6.07) is 5.69. The molecular formula is C12H16ClN3. The summed E-state index contributed by atoms with van der Waals surface area (Å²) < 4.78 is 2.02. The predicted octanol–water partition coefficient (Wildman–Crippen LogP) is 2.81. The lowest BCUT2D eigenvalue weighted by atomic mass is 10.00. The zero-order valence-electron chi connectivity index (χ0n) is 9.79. The fourth-order valence-corrected chi connectivity index (χ4v) is 2.00. The van der Waals surface area contributed by atoms with Gasteiger partial charge in [0.25, 0.3) is 0 Å². The molecule has 0 bridgehead atoms. The Kier molecular flexibility index (Phi) is 2.68. The van der Waals surface area contributed by atoms with Crippen LogP contribution in [-0.4, -0.2) is 9.55 Å². The minimum absolute atomic E-state index is 0.403. The normalized spacial score (nSPS) is 15.3. The van der Waals surface area contributed by atoms with Crippen molar-refractivity contribution >= 4 is 22.6 Å². The number of nitrogens with two attached hydrogens (primary N) is 1. The molecule has 2 rings (SSSR count). The van der Waals surface area contributed by atoms with E-state index in [1.54, 1.807) is 0 Å². The summed E-state index contributed by atoms with van der Waals surface area (Å²) in [4.78, 5) is 4.58. The van der Waals surface area contributed by atoms with Crippen LogP contribution in [-0.2, 0) is 12.6 Å². The lowest BCUT2D eigenvalue weighted by Gasteiger charge is -2.21. The molecule has 2 aromatic rings. The fourth-order valence-electron chi connectivity index (χ4n) is 1.83. The summed E-state index contributed by atoms with van der Waals surface area (Å²) in [5.74, 6) is 0.896. The first-order valence-electron chi connectivity index (χ1n) is 5.37. The van der Waals surface area contributed by atoms with Crippen molar-refractivity contribution in [2.45, 2.75) is 25.8 Å². The maximum absolute atomic E-state index is 6.22. The van der Waals surface area contributed by atoms with Gasteiger partial charge < -0.3 is 10.3 Å². The third-order valence-corrected chi connectivity index (χ3v) is 3.32. The molecule has 1 unspecified atom stereocenters. The molecule has 1 aromatic heterocycles. The second kappa shape index (κ2) is 3.75. The summed E-state index contributed by atoms with van der Waals surface area (Å²) in [5, 5.41) is 0.720. The van der Waals surface area contributed by atoms with Gasteiger partial charge in [-0.05, 0) is 31.5 Å². The van der Waals surface area contributed by atoms with E-state index >= 15 is 0 Å². The van der Waals surface area contributed by atoms with Crippen LogP contribution in [0.4, 0.5) is 0 Å². The number of halogens is 1. The van der Waals surface area contributed by atoms with E-state index in [0.717, 1.165) is 28.3 Å². The molecule has 1 atom stereocenters.